The number of rotatable bonds is 5. The van der Waals surface area contributed by atoms with Crippen molar-refractivity contribution in [1.29, 1.82) is 0 Å². The molecule has 1 rings (SSSR count). The van der Waals surface area contributed by atoms with Crippen LogP contribution in [0, 0.1) is 5.92 Å². The van der Waals surface area contributed by atoms with Crippen LogP contribution in [-0.4, -0.2) is 24.9 Å². The number of hydrogen-bond donors (Lipinski definition) is 3. The molecule has 0 aliphatic carbocycles. The van der Waals surface area contributed by atoms with Gasteiger partial charge in [-0.2, -0.15) is 0 Å². The molecule has 19 heavy (non-hydrogen) atoms. The molecule has 0 radical (unpaired) electrons. The normalized spacial score (nSPS) is 10.3. The van der Waals surface area contributed by atoms with Gasteiger partial charge in [0.1, 0.15) is 0 Å². The summed E-state index contributed by atoms with van der Waals surface area (Å²) < 4.78 is 0.657. The summed E-state index contributed by atoms with van der Waals surface area (Å²) >= 11 is 3.25. The van der Waals surface area contributed by atoms with Gasteiger partial charge in [-0.1, -0.05) is 13.8 Å². The van der Waals surface area contributed by atoms with Gasteiger partial charge in [-0.3, -0.25) is 9.59 Å². The first-order valence-corrected chi connectivity index (χ1v) is 6.79. The average molecular weight is 328 g/mol. The molecule has 0 saturated carbocycles. The molecule has 0 bridgehead atoms. The van der Waals surface area contributed by atoms with Crippen LogP contribution < -0.4 is 16.4 Å². The highest BCUT2D eigenvalue weighted by molar-refractivity contribution is 9.10. The summed E-state index contributed by atoms with van der Waals surface area (Å²) in [7, 11) is 0. The highest BCUT2D eigenvalue weighted by Crippen LogP contribution is 2.20. The zero-order valence-electron chi connectivity index (χ0n) is 11.0. The molecule has 104 valence electrons. The Kier molecular flexibility index (Phi) is 5.82. The third-order valence-electron chi connectivity index (χ3n) is 2.38. The number of benzene rings is 1. The Morgan fingerprint density at radius 1 is 1.32 bits per heavy atom. The van der Waals surface area contributed by atoms with E-state index in [2.05, 4.69) is 26.6 Å². The van der Waals surface area contributed by atoms with E-state index in [0.717, 1.165) is 0 Å². The molecule has 4 N–H and O–H groups in total. The maximum absolute atomic E-state index is 11.8. The van der Waals surface area contributed by atoms with Crippen molar-refractivity contribution in [2.45, 2.75) is 13.8 Å². The number of anilines is 1. The van der Waals surface area contributed by atoms with Crippen molar-refractivity contribution in [2.24, 2.45) is 5.92 Å². The monoisotopic (exact) mass is 327 g/mol. The maximum atomic E-state index is 11.8. The van der Waals surface area contributed by atoms with Crippen molar-refractivity contribution in [3.63, 3.8) is 0 Å². The summed E-state index contributed by atoms with van der Waals surface area (Å²) in [4.78, 5) is 23.2. The predicted octanol–water partition coefficient (Wildman–Crippen LogP) is 1.53. The summed E-state index contributed by atoms with van der Waals surface area (Å²) in [5.74, 6) is -0.121. The van der Waals surface area contributed by atoms with Gasteiger partial charge in [0.25, 0.3) is 5.91 Å². The molecule has 0 aliphatic rings. The summed E-state index contributed by atoms with van der Waals surface area (Å²) in [6, 6.07) is 4.87. The minimum atomic E-state index is -0.305. The molecule has 0 heterocycles. The van der Waals surface area contributed by atoms with Crippen molar-refractivity contribution in [1.82, 2.24) is 10.6 Å². The van der Waals surface area contributed by atoms with Crippen LogP contribution in [0.1, 0.15) is 24.2 Å². The van der Waals surface area contributed by atoms with Crippen LogP contribution in [0.4, 0.5) is 5.69 Å². The molecule has 0 aromatic heterocycles. The highest BCUT2D eigenvalue weighted by Gasteiger charge is 2.09. The SMILES string of the molecule is CC(C)CNC(=O)CNC(=O)c1ccc(N)c(Br)c1. The largest absolute Gasteiger partial charge is 0.398 e. The van der Waals surface area contributed by atoms with Crippen molar-refractivity contribution >= 4 is 33.4 Å². The second-order valence-electron chi connectivity index (χ2n) is 4.62. The second kappa shape index (κ2) is 7.13. The van der Waals surface area contributed by atoms with Crippen LogP contribution in [0.2, 0.25) is 0 Å². The summed E-state index contributed by atoms with van der Waals surface area (Å²) in [5, 5.41) is 5.28. The standard InChI is InChI=1S/C13H18BrN3O2/c1-8(2)6-16-12(18)7-17-13(19)9-3-4-11(15)10(14)5-9/h3-5,8H,6-7,15H2,1-2H3,(H,16,18)(H,17,19). The van der Waals surface area contributed by atoms with Crippen molar-refractivity contribution < 1.29 is 9.59 Å². The van der Waals surface area contributed by atoms with E-state index in [4.69, 9.17) is 5.73 Å². The number of nitrogen functional groups attached to an aromatic ring is 1. The Bertz CT molecular complexity index is 475. The molecule has 0 unspecified atom stereocenters. The molecule has 0 aliphatic heterocycles. The molecule has 5 nitrogen and oxygen atoms in total. The first-order valence-electron chi connectivity index (χ1n) is 6.00. The molecular formula is C13H18BrN3O2. The van der Waals surface area contributed by atoms with Gasteiger partial charge in [0.05, 0.1) is 6.54 Å². The van der Waals surface area contributed by atoms with E-state index < -0.39 is 0 Å². The first-order chi connectivity index (χ1) is 8.90. The molecule has 2 amide bonds. The van der Waals surface area contributed by atoms with Crippen LogP contribution >= 0.6 is 15.9 Å². The Morgan fingerprint density at radius 3 is 2.58 bits per heavy atom. The van der Waals surface area contributed by atoms with E-state index in [0.29, 0.717) is 28.2 Å². The van der Waals surface area contributed by atoms with E-state index in [-0.39, 0.29) is 18.4 Å². The predicted molar refractivity (Wildman–Crippen MR) is 78.7 cm³/mol. The molecule has 1 aromatic carbocycles. The zero-order valence-corrected chi connectivity index (χ0v) is 12.6. The van der Waals surface area contributed by atoms with E-state index in [9.17, 15) is 9.59 Å². The number of halogens is 1. The fourth-order valence-corrected chi connectivity index (χ4v) is 1.69. The van der Waals surface area contributed by atoms with Crippen molar-refractivity contribution in [2.75, 3.05) is 18.8 Å². The minimum Gasteiger partial charge on any atom is -0.398 e. The lowest BCUT2D eigenvalue weighted by atomic mass is 10.2. The molecule has 0 spiro atoms. The Morgan fingerprint density at radius 2 is 2.00 bits per heavy atom. The van der Waals surface area contributed by atoms with Gasteiger partial charge in [-0.25, -0.2) is 0 Å². The van der Waals surface area contributed by atoms with Crippen LogP contribution in [0.25, 0.3) is 0 Å². The number of carbonyl (C=O) groups excluding carboxylic acids is 2. The first kappa shape index (κ1) is 15.5. The lowest BCUT2D eigenvalue weighted by Crippen LogP contribution is -2.38. The molecule has 1 aromatic rings. The third kappa shape index (κ3) is 5.30. The van der Waals surface area contributed by atoms with Gasteiger partial charge < -0.3 is 16.4 Å². The fraction of sp³-hybridized carbons (Fsp3) is 0.385. The van der Waals surface area contributed by atoms with Gasteiger partial charge >= 0.3 is 0 Å². The quantitative estimate of drug-likeness (QED) is 0.717. The Balaban J connectivity index is 2.47. The topological polar surface area (TPSA) is 84.2 Å². The third-order valence-corrected chi connectivity index (χ3v) is 3.07. The lowest BCUT2D eigenvalue weighted by Gasteiger charge is -2.09. The van der Waals surface area contributed by atoms with E-state index in [1.165, 1.54) is 0 Å². The average Bonchev–Trinajstić information content (AvgIpc) is 2.36. The van der Waals surface area contributed by atoms with Gasteiger partial charge in [0.2, 0.25) is 5.91 Å². The Hall–Kier alpha value is -1.56. The Labute approximate surface area is 121 Å². The molecule has 6 heteroatoms. The minimum absolute atomic E-state index is 0.0342. The number of hydrogen-bond acceptors (Lipinski definition) is 3. The van der Waals surface area contributed by atoms with Gasteiger partial charge in [0, 0.05) is 22.3 Å². The van der Waals surface area contributed by atoms with Crippen LogP contribution in [0.3, 0.4) is 0 Å². The van der Waals surface area contributed by atoms with Crippen molar-refractivity contribution in [3.8, 4) is 0 Å². The summed E-state index contributed by atoms with van der Waals surface area (Å²) in [6.07, 6.45) is 0. The number of carbonyl (C=O) groups is 2. The lowest BCUT2D eigenvalue weighted by molar-refractivity contribution is -0.120. The zero-order chi connectivity index (χ0) is 14.4. The summed E-state index contributed by atoms with van der Waals surface area (Å²) in [5.41, 5.74) is 6.65. The number of amides is 2. The van der Waals surface area contributed by atoms with Crippen LogP contribution in [0.15, 0.2) is 22.7 Å². The van der Waals surface area contributed by atoms with E-state index >= 15 is 0 Å². The second-order valence-corrected chi connectivity index (χ2v) is 5.47. The molecule has 0 saturated heterocycles. The fourth-order valence-electron chi connectivity index (χ4n) is 1.31. The van der Waals surface area contributed by atoms with E-state index in [1.54, 1.807) is 18.2 Å². The highest BCUT2D eigenvalue weighted by atomic mass is 79.9. The van der Waals surface area contributed by atoms with Gasteiger partial charge in [-0.05, 0) is 40.0 Å². The van der Waals surface area contributed by atoms with Crippen LogP contribution in [0.5, 0.6) is 0 Å². The number of nitrogens with one attached hydrogen (secondary N) is 2. The molecule has 0 atom stereocenters. The smallest absolute Gasteiger partial charge is 0.251 e. The molecule has 0 fully saturated rings. The van der Waals surface area contributed by atoms with E-state index in [1.807, 2.05) is 13.8 Å². The van der Waals surface area contributed by atoms with Gasteiger partial charge in [-0.15, -0.1) is 0 Å². The maximum Gasteiger partial charge on any atom is 0.251 e. The van der Waals surface area contributed by atoms with Crippen molar-refractivity contribution in [3.05, 3.63) is 28.2 Å². The van der Waals surface area contributed by atoms with Gasteiger partial charge in [0.15, 0.2) is 0 Å². The van der Waals surface area contributed by atoms with Crippen LogP contribution in [-0.2, 0) is 4.79 Å². The number of nitrogens with two attached hydrogens (primary N) is 1. The molecular weight excluding hydrogens is 310 g/mol. The summed E-state index contributed by atoms with van der Waals surface area (Å²) in [6.45, 7) is 4.57.